The molecule has 0 radical (unpaired) electrons. The van der Waals surface area contributed by atoms with Gasteiger partial charge in [-0.05, 0) is 12.8 Å². The first-order chi connectivity index (χ1) is 6.52. The molecule has 0 saturated carbocycles. The Hall–Kier alpha value is -1.63. The van der Waals surface area contributed by atoms with E-state index in [1.807, 2.05) is 6.07 Å². The molecule has 0 aliphatic carbocycles. The topological polar surface area (TPSA) is 73.4 Å². The molecular formula is C10H14N2O2. The fraction of sp³-hybridized carbons (Fsp3) is 0.500. The van der Waals surface area contributed by atoms with Crippen LogP contribution in [0.25, 0.3) is 0 Å². The molecule has 0 bridgehead atoms. The van der Waals surface area contributed by atoms with Crippen molar-refractivity contribution >= 4 is 11.5 Å². The van der Waals surface area contributed by atoms with Crippen LogP contribution in [0.1, 0.15) is 26.7 Å². The zero-order valence-corrected chi connectivity index (χ0v) is 8.45. The molecule has 0 aromatic carbocycles. The van der Waals surface area contributed by atoms with Crippen LogP contribution in [0.3, 0.4) is 0 Å². The van der Waals surface area contributed by atoms with Gasteiger partial charge in [-0.1, -0.05) is 17.3 Å². The Balaban J connectivity index is 4.52. The van der Waals surface area contributed by atoms with E-state index in [0.717, 1.165) is 5.57 Å². The summed E-state index contributed by atoms with van der Waals surface area (Å²) in [6, 6.07) is 2.01. The van der Waals surface area contributed by atoms with Crippen LogP contribution >= 0.6 is 0 Å². The first-order valence-corrected chi connectivity index (χ1v) is 4.27. The predicted octanol–water partition coefficient (Wildman–Crippen LogP) is 1.90. The minimum Gasteiger partial charge on any atom is -0.411 e. The monoisotopic (exact) mass is 194 g/mol. The molecule has 1 N–H and O–H groups in total. The highest BCUT2D eigenvalue weighted by atomic mass is 16.4. The van der Waals surface area contributed by atoms with Crippen molar-refractivity contribution in [2.45, 2.75) is 26.7 Å². The van der Waals surface area contributed by atoms with E-state index < -0.39 is 0 Å². The van der Waals surface area contributed by atoms with Gasteiger partial charge in [0, 0.05) is 19.8 Å². The molecule has 14 heavy (non-hydrogen) atoms. The highest BCUT2D eigenvalue weighted by Crippen LogP contribution is 2.17. The predicted molar refractivity (Wildman–Crippen MR) is 53.1 cm³/mol. The largest absolute Gasteiger partial charge is 0.411 e. The van der Waals surface area contributed by atoms with Crippen molar-refractivity contribution in [3.8, 4) is 6.07 Å². The molecular weight excluding hydrogens is 180 g/mol. The zero-order valence-electron chi connectivity index (χ0n) is 8.45. The van der Waals surface area contributed by atoms with Gasteiger partial charge >= 0.3 is 0 Å². The summed E-state index contributed by atoms with van der Waals surface area (Å²) >= 11 is 0. The molecule has 0 saturated heterocycles. The first-order valence-electron chi connectivity index (χ1n) is 4.27. The van der Waals surface area contributed by atoms with Crippen LogP contribution in [0.2, 0.25) is 0 Å². The minimum atomic E-state index is -0.281. The van der Waals surface area contributed by atoms with Crippen molar-refractivity contribution in [1.29, 1.82) is 5.26 Å². The summed E-state index contributed by atoms with van der Waals surface area (Å²) in [7, 11) is 0. The van der Waals surface area contributed by atoms with Crippen LogP contribution < -0.4 is 0 Å². The van der Waals surface area contributed by atoms with Crippen LogP contribution in [-0.2, 0) is 4.79 Å². The van der Waals surface area contributed by atoms with Crippen molar-refractivity contribution in [2.24, 2.45) is 11.1 Å². The maximum absolute atomic E-state index is 10.9. The summed E-state index contributed by atoms with van der Waals surface area (Å²) in [4.78, 5) is 10.9. The third kappa shape index (κ3) is 3.85. The molecule has 0 rings (SSSR count). The molecule has 1 atom stereocenters. The maximum Gasteiger partial charge on any atom is 0.177 e. The molecule has 0 aromatic heterocycles. The van der Waals surface area contributed by atoms with E-state index in [1.165, 1.54) is 6.92 Å². The molecule has 0 fully saturated rings. The number of rotatable bonds is 5. The van der Waals surface area contributed by atoms with Crippen molar-refractivity contribution in [1.82, 2.24) is 0 Å². The second-order valence-electron chi connectivity index (χ2n) is 3.21. The van der Waals surface area contributed by atoms with Crippen LogP contribution in [0.4, 0.5) is 0 Å². The molecule has 0 aromatic rings. The van der Waals surface area contributed by atoms with Gasteiger partial charge in [-0.2, -0.15) is 5.26 Å². The van der Waals surface area contributed by atoms with Gasteiger partial charge in [0.05, 0.1) is 6.07 Å². The lowest BCUT2D eigenvalue weighted by atomic mass is 9.92. The Labute approximate surface area is 83.5 Å². The van der Waals surface area contributed by atoms with Gasteiger partial charge in [0.2, 0.25) is 0 Å². The quantitative estimate of drug-likeness (QED) is 0.314. The maximum atomic E-state index is 10.9. The Morgan fingerprint density at radius 2 is 2.21 bits per heavy atom. The number of nitrogens with zero attached hydrogens (tertiary/aromatic N) is 2. The summed E-state index contributed by atoms with van der Waals surface area (Å²) in [5, 5.41) is 20.0. The Morgan fingerprint density at radius 1 is 1.64 bits per heavy atom. The number of allylic oxidation sites excluding steroid dienone is 1. The lowest BCUT2D eigenvalue weighted by Gasteiger charge is -2.12. The average Bonchev–Trinajstić information content (AvgIpc) is 2.11. The fourth-order valence-electron chi connectivity index (χ4n) is 1.02. The van der Waals surface area contributed by atoms with Crippen molar-refractivity contribution < 1.29 is 10.0 Å². The number of carbonyl (C=O) groups excluding carboxylic acids is 1. The third-order valence-electron chi connectivity index (χ3n) is 2.00. The van der Waals surface area contributed by atoms with Gasteiger partial charge < -0.3 is 5.21 Å². The third-order valence-corrected chi connectivity index (χ3v) is 2.00. The summed E-state index contributed by atoms with van der Waals surface area (Å²) in [5.74, 6) is -0.397. The van der Waals surface area contributed by atoms with Crippen molar-refractivity contribution in [3.63, 3.8) is 0 Å². The molecule has 0 unspecified atom stereocenters. The van der Waals surface area contributed by atoms with Crippen LogP contribution in [0, 0.1) is 17.2 Å². The molecule has 4 nitrogen and oxygen atoms in total. The number of carbonyl (C=O) groups is 1. The van der Waals surface area contributed by atoms with Gasteiger partial charge in [-0.15, -0.1) is 0 Å². The van der Waals surface area contributed by atoms with E-state index in [2.05, 4.69) is 11.7 Å². The lowest BCUT2D eigenvalue weighted by molar-refractivity contribution is -0.111. The minimum absolute atomic E-state index is 0.0910. The number of hydrogen-bond acceptors (Lipinski definition) is 4. The summed E-state index contributed by atoms with van der Waals surface area (Å²) in [5.41, 5.74) is 0.905. The molecule has 76 valence electrons. The van der Waals surface area contributed by atoms with Gasteiger partial charge in [-0.3, -0.25) is 4.79 Å². The van der Waals surface area contributed by atoms with Crippen LogP contribution in [0.15, 0.2) is 17.3 Å². The standard InChI is InChI=1S/C10H14N2O2/c1-7(2)9(4-5-11)6-10(12-14)8(3)13/h9,14H,1,4,6H2,2-3H3/b12-10-/t9-/m0/s1. The van der Waals surface area contributed by atoms with Crippen molar-refractivity contribution in [3.05, 3.63) is 12.2 Å². The number of nitriles is 1. The number of oxime groups is 1. The second-order valence-corrected chi connectivity index (χ2v) is 3.21. The summed E-state index contributed by atoms with van der Waals surface area (Å²) in [6.07, 6.45) is 0.552. The molecule has 0 amide bonds. The highest BCUT2D eigenvalue weighted by molar-refractivity contribution is 6.38. The van der Waals surface area contributed by atoms with E-state index in [0.29, 0.717) is 0 Å². The van der Waals surface area contributed by atoms with E-state index in [1.54, 1.807) is 6.92 Å². The normalized spacial score (nSPS) is 13.1. The number of ketones is 1. The van der Waals surface area contributed by atoms with Crippen molar-refractivity contribution in [2.75, 3.05) is 0 Å². The molecule has 0 aliphatic rings. The van der Waals surface area contributed by atoms with Gasteiger partial charge in [-0.25, -0.2) is 0 Å². The van der Waals surface area contributed by atoms with Gasteiger partial charge in [0.1, 0.15) is 5.71 Å². The van der Waals surface area contributed by atoms with Gasteiger partial charge in [0.15, 0.2) is 5.78 Å². The number of hydrogen-bond donors (Lipinski definition) is 1. The Kier molecular flexibility index (Phi) is 5.23. The van der Waals surface area contributed by atoms with Crippen LogP contribution in [-0.4, -0.2) is 16.7 Å². The Morgan fingerprint density at radius 3 is 2.50 bits per heavy atom. The van der Waals surface area contributed by atoms with E-state index in [4.69, 9.17) is 10.5 Å². The number of Topliss-reactive ketones (excluding diaryl/α,β-unsaturated/α-hetero) is 1. The van der Waals surface area contributed by atoms with Gasteiger partial charge in [0.25, 0.3) is 0 Å². The van der Waals surface area contributed by atoms with E-state index in [-0.39, 0.29) is 30.3 Å². The smallest absolute Gasteiger partial charge is 0.177 e. The Bertz CT molecular complexity index is 300. The molecule has 4 heteroatoms. The highest BCUT2D eigenvalue weighted by Gasteiger charge is 2.16. The van der Waals surface area contributed by atoms with E-state index >= 15 is 0 Å². The second kappa shape index (κ2) is 5.92. The van der Waals surface area contributed by atoms with E-state index in [9.17, 15) is 4.79 Å². The molecule has 0 spiro atoms. The zero-order chi connectivity index (χ0) is 11.1. The van der Waals surface area contributed by atoms with Crippen LogP contribution in [0.5, 0.6) is 0 Å². The fourth-order valence-corrected chi connectivity index (χ4v) is 1.02. The molecule has 0 heterocycles. The SMILES string of the molecule is C=C(C)[C@@H](CC#N)C/C(=N/O)C(C)=O. The summed E-state index contributed by atoms with van der Waals surface area (Å²) in [6.45, 7) is 6.84. The first kappa shape index (κ1) is 12.4. The molecule has 0 aliphatic heterocycles. The lowest BCUT2D eigenvalue weighted by Crippen LogP contribution is -2.16. The average molecular weight is 194 g/mol. The summed E-state index contributed by atoms with van der Waals surface area (Å²) < 4.78 is 0.